The van der Waals surface area contributed by atoms with E-state index < -0.39 is 23.7 Å². The van der Waals surface area contributed by atoms with Crippen molar-refractivity contribution in [2.24, 2.45) is 0 Å². The largest absolute Gasteiger partial charge is 0.493 e. The lowest BCUT2D eigenvalue weighted by Gasteiger charge is -2.36. The van der Waals surface area contributed by atoms with E-state index in [0.29, 0.717) is 31.7 Å². The number of hydrogen-bond acceptors (Lipinski definition) is 8. The van der Waals surface area contributed by atoms with Gasteiger partial charge < -0.3 is 24.4 Å². The van der Waals surface area contributed by atoms with Gasteiger partial charge in [-0.1, -0.05) is 24.3 Å². The van der Waals surface area contributed by atoms with Gasteiger partial charge in [-0.2, -0.15) is 0 Å². The molecule has 11 heteroatoms. The predicted octanol–water partition coefficient (Wildman–Crippen LogP) is 2.54. The third-order valence-electron chi connectivity index (χ3n) is 5.76. The highest BCUT2D eigenvalue weighted by Gasteiger charge is 2.37. The van der Waals surface area contributed by atoms with E-state index in [4.69, 9.17) is 14.6 Å². The van der Waals surface area contributed by atoms with Crippen LogP contribution in [0.1, 0.15) is 5.56 Å². The molecule has 2 aliphatic rings. The van der Waals surface area contributed by atoms with Crippen LogP contribution in [0.5, 0.6) is 11.5 Å². The average Bonchev–Trinajstić information content (AvgIpc) is 3.15. The standard InChI is InChI=1S/C25H25N3O7S/c1-34-20-13-17(7-8-19(20)35-16-23(30)31)14-21-24(32)28(25(33)36-21)15-22(29)27-11-9-26(10-12-27)18-5-3-2-4-6-18/h2-8,13-14H,9-12,15-16H2,1H3,(H,30,31)/b21-14+. The quantitative estimate of drug-likeness (QED) is 0.534. The molecule has 2 saturated heterocycles. The van der Waals surface area contributed by atoms with Gasteiger partial charge in [-0.25, -0.2) is 4.79 Å². The first kappa shape index (κ1) is 25.1. The maximum absolute atomic E-state index is 12.9. The van der Waals surface area contributed by atoms with Crippen molar-refractivity contribution in [2.75, 3.05) is 51.3 Å². The Bertz CT molecular complexity index is 1190. The number of carbonyl (C=O) groups is 4. The van der Waals surface area contributed by atoms with E-state index in [9.17, 15) is 19.2 Å². The minimum Gasteiger partial charge on any atom is -0.493 e. The lowest BCUT2D eigenvalue weighted by Crippen LogP contribution is -2.51. The second-order valence-corrected chi connectivity index (χ2v) is 9.06. The number of methoxy groups -OCH3 is 1. The van der Waals surface area contributed by atoms with Crippen molar-refractivity contribution in [2.45, 2.75) is 0 Å². The Hall–Kier alpha value is -3.99. The third-order valence-corrected chi connectivity index (χ3v) is 6.66. The molecule has 0 spiro atoms. The highest BCUT2D eigenvalue weighted by Crippen LogP contribution is 2.34. The molecular formula is C25H25N3O7S. The number of anilines is 1. The molecule has 0 saturated carbocycles. The smallest absolute Gasteiger partial charge is 0.341 e. The van der Waals surface area contributed by atoms with Crippen LogP contribution < -0.4 is 14.4 Å². The van der Waals surface area contributed by atoms with Crippen LogP contribution in [0, 0.1) is 0 Å². The van der Waals surface area contributed by atoms with Gasteiger partial charge in [0.2, 0.25) is 5.91 Å². The number of thioether (sulfide) groups is 1. The minimum atomic E-state index is -1.12. The first-order valence-electron chi connectivity index (χ1n) is 11.2. The Morgan fingerprint density at radius 3 is 2.42 bits per heavy atom. The molecule has 2 aromatic carbocycles. The zero-order valence-corrected chi connectivity index (χ0v) is 20.4. The highest BCUT2D eigenvalue weighted by atomic mass is 32.2. The molecule has 36 heavy (non-hydrogen) atoms. The lowest BCUT2D eigenvalue weighted by molar-refractivity contribution is -0.139. The van der Waals surface area contributed by atoms with Crippen LogP contribution in [0.2, 0.25) is 0 Å². The molecule has 3 amide bonds. The molecule has 0 aliphatic carbocycles. The molecule has 0 aromatic heterocycles. The number of aliphatic carboxylic acids is 1. The van der Waals surface area contributed by atoms with Crippen molar-refractivity contribution in [3.63, 3.8) is 0 Å². The predicted molar refractivity (Wildman–Crippen MR) is 134 cm³/mol. The zero-order valence-electron chi connectivity index (χ0n) is 19.6. The summed E-state index contributed by atoms with van der Waals surface area (Å²) in [6.07, 6.45) is 1.53. The second kappa shape index (κ2) is 11.2. The molecule has 2 fully saturated rings. The SMILES string of the molecule is COc1cc(/C=C2/SC(=O)N(CC(=O)N3CCN(c4ccccc4)CC3)C2=O)ccc1OCC(=O)O. The summed E-state index contributed by atoms with van der Waals surface area (Å²) >= 11 is 0.765. The summed E-state index contributed by atoms with van der Waals surface area (Å²) in [5.41, 5.74) is 1.65. The molecule has 188 valence electrons. The fourth-order valence-electron chi connectivity index (χ4n) is 3.91. The number of amides is 3. The fraction of sp³-hybridized carbons (Fsp3) is 0.280. The van der Waals surface area contributed by atoms with Gasteiger partial charge in [-0.05, 0) is 47.7 Å². The number of imide groups is 1. The van der Waals surface area contributed by atoms with Gasteiger partial charge >= 0.3 is 5.97 Å². The van der Waals surface area contributed by atoms with Crippen LogP contribution in [-0.4, -0.2) is 84.4 Å². The van der Waals surface area contributed by atoms with E-state index in [-0.39, 0.29) is 28.9 Å². The fourth-order valence-corrected chi connectivity index (χ4v) is 4.75. The van der Waals surface area contributed by atoms with E-state index in [2.05, 4.69) is 4.90 Å². The van der Waals surface area contributed by atoms with E-state index in [0.717, 1.165) is 22.3 Å². The molecule has 4 rings (SSSR count). The summed E-state index contributed by atoms with van der Waals surface area (Å²) in [5, 5.41) is 8.28. The third kappa shape index (κ3) is 5.80. The second-order valence-electron chi connectivity index (χ2n) is 8.06. The number of para-hydroxylation sites is 1. The molecule has 2 aromatic rings. The Kier molecular flexibility index (Phi) is 7.79. The molecule has 0 radical (unpaired) electrons. The van der Waals surface area contributed by atoms with Crippen LogP contribution in [0.15, 0.2) is 53.4 Å². The summed E-state index contributed by atoms with van der Waals surface area (Å²) < 4.78 is 10.4. The molecule has 10 nitrogen and oxygen atoms in total. The Morgan fingerprint density at radius 2 is 1.75 bits per heavy atom. The monoisotopic (exact) mass is 511 g/mol. The Labute approximate surface area is 212 Å². The van der Waals surface area contributed by atoms with Crippen LogP contribution in [0.3, 0.4) is 0 Å². The summed E-state index contributed by atoms with van der Waals surface area (Å²) in [5.74, 6) is -1.40. The number of hydrogen-bond donors (Lipinski definition) is 1. The van der Waals surface area contributed by atoms with E-state index in [1.165, 1.54) is 19.3 Å². The Morgan fingerprint density at radius 1 is 1.03 bits per heavy atom. The number of rotatable bonds is 8. The van der Waals surface area contributed by atoms with E-state index in [1.54, 1.807) is 17.0 Å². The highest BCUT2D eigenvalue weighted by molar-refractivity contribution is 8.18. The normalized spacial score (nSPS) is 17.0. The number of ether oxygens (including phenoxy) is 2. The van der Waals surface area contributed by atoms with E-state index in [1.807, 2.05) is 30.3 Å². The van der Waals surface area contributed by atoms with Gasteiger partial charge in [-0.3, -0.25) is 19.3 Å². The van der Waals surface area contributed by atoms with Crippen LogP contribution in [0.25, 0.3) is 6.08 Å². The first-order chi connectivity index (χ1) is 17.4. The van der Waals surface area contributed by atoms with Crippen molar-refractivity contribution in [1.29, 1.82) is 0 Å². The van der Waals surface area contributed by atoms with Crippen LogP contribution in [0.4, 0.5) is 10.5 Å². The summed E-state index contributed by atoms with van der Waals surface area (Å²) in [6, 6.07) is 14.7. The Balaban J connectivity index is 1.37. The van der Waals surface area contributed by atoms with Crippen LogP contribution >= 0.6 is 11.8 Å². The number of nitrogens with zero attached hydrogens (tertiary/aromatic N) is 3. The molecule has 2 heterocycles. The number of carboxylic acids is 1. The van der Waals surface area contributed by atoms with Crippen molar-refractivity contribution in [1.82, 2.24) is 9.80 Å². The summed E-state index contributed by atoms with van der Waals surface area (Å²) in [4.78, 5) is 54.0. The van der Waals surface area contributed by atoms with Crippen molar-refractivity contribution < 1.29 is 33.8 Å². The first-order valence-corrected chi connectivity index (χ1v) is 12.0. The van der Waals surface area contributed by atoms with E-state index >= 15 is 0 Å². The maximum Gasteiger partial charge on any atom is 0.341 e. The summed E-state index contributed by atoms with van der Waals surface area (Å²) in [6.45, 7) is 1.53. The van der Waals surface area contributed by atoms with Crippen molar-refractivity contribution in [3.8, 4) is 11.5 Å². The molecule has 0 unspecified atom stereocenters. The minimum absolute atomic E-state index is 0.183. The number of piperazine rings is 1. The van der Waals surface area contributed by atoms with Gasteiger partial charge in [0.15, 0.2) is 18.1 Å². The average molecular weight is 512 g/mol. The molecule has 2 aliphatic heterocycles. The number of carbonyl (C=O) groups excluding carboxylic acids is 3. The maximum atomic E-state index is 12.9. The van der Waals surface area contributed by atoms with Gasteiger partial charge in [0.05, 0.1) is 12.0 Å². The van der Waals surface area contributed by atoms with Gasteiger partial charge in [0.25, 0.3) is 11.1 Å². The van der Waals surface area contributed by atoms with Gasteiger partial charge in [-0.15, -0.1) is 0 Å². The number of benzene rings is 2. The number of carboxylic acid groups (broad SMARTS) is 1. The molecule has 1 N–H and O–H groups in total. The molecular weight excluding hydrogens is 486 g/mol. The van der Waals surface area contributed by atoms with Gasteiger partial charge in [0, 0.05) is 31.9 Å². The molecule has 0 bridgehead atoms. The van der Waals surface area contributed by atoms with Crippen LogP contribution in [-0.2, 0) is 14.4 Å². The van der Waals surface area contributed by atoms with Crippen molar-refractivity contribution in [3.05, 3.63) is 59.0 Å². The lowest BCUT2D eigenvalue weighted by atomic mass is 10.2. The topological polar surface area (TPSA) is 117 Å². The van der Waals surface area contributed by atoms with Crippen molar-refractivity contribution >= 4 is 46.5 Å². The summed E-state index contributed by atoms with van der Waals surface area (Å²) in [7, 11) is 1.41. The van der Waals surface area contributed by atoms with Gasteiger partial charge in [0.1, 0.15) is 6.54 Å². The molecule has 0 atom stereocenters. The zero-order chi connectivity index (χ0) is 25.7.